The Morgan fingerprint density at radius 2 is 1.24 bits per heavy atom. The van der Waals surface area contributed by atoms with Crippen LogP contribution in [0.4, 0.5) is 0 Å². The van der Waals surface area contributed by atoms with E-state index >= 15 is 0 Å². The molecule has 0 atom stereocenters. The van der Waals surface area contributed by atoms with E-state index in [1.165, 1.54) is 18.4 Å². The Labute approximate surface area is 102 Å². The van der Waals surface area contributed by atoms with Crippen molar-refractivity contribution in [3.8, 4) is 11.8 Å². The molecular weight excluding hydrogens is 204 g/mol. The lowest BCUT2D eigenvalue weighted by Gasteiger charge is -1.96. The predicted octanol–water partition coefficient (Wildman–Crippen LogP) is 3.80. The van der Waals surface area contributed by atoms with Gasteiger partial charge in [-0.1, -0.05) is 42.2 Å². The van der Waals surface area contributed by atoms with Gasteiger partial charge in [-0.25, -0.2) is 0 Å². The van der Waals surface area contributed by atoms with Crippen LogP contribution in [-0.4, -0.2) is 0 Å². The minimum Gasteiger partial charge on any atom is -0.0622 e. The number of benzene rings is 2. The number of hydrogen-bond donors (Lipinski definition) is 0. The van der Waals surface area contributed by atoms with Crippen molar-refractivity contribution >= 4 is 0 Å². The Hall–Kier alpha value is -2.00. The third-order valence-corrected chi connectivity index (χ3v) is 2.92. The first-order chi connectivity index (χ1) is 8.42. The molecule has 1 aliphatic carbocycles. The van der Waals surface area contributed by atoms with E-state index in [2.05, 4.69) is 36.1 Å². The van der Waals surface area contributed by atoms with Crippen LogP contribution >= 0.6 is 0 Å². The van der Waals surface area contributed by atoms with Gasteiger partial charge in [0.1, 0.15) is 0 Å². The first-order valence-electron chi connectivity index (χ1n) is 5.94. The van der Waals surface area contributed by atoms with Crippen LogP contribution < -0.4 is 0 Å². The number of rotatable bonds is 1. The Morgan fingerprint density at radius 1 is 0.647 bits per heavy atom. The molecule has 2 aromatic rings. The summed E-state index contributed by atoms with van der Waals surface area (Å²) in [6.45, 7) is 0. The topological polar surface area (TPSA) is 0 Å². The van der Waals surface area contributed by atoms with E-state index in [1.54, 1.807) is 5.92 Å². The summed E-state index contributed by atoms with van der Waals surface area (Å²) in [4.78, 5) is 0. The Kier molecular flexibility index (Phi) is 2.68. The maximum absolute atomic E-state index is 3.19. The molecule has 0 nitrogen and oxygen atoms in total. The third kappa shape index (κ3) is 2.57. The molecule has 81 valence electrons. The highest BCUT2D eigenvalue weighted by Gasteiger charge is 2.23. The Bertz CT molecular complexity index is 548. The molecule has 0 amide bonds. The van der Waals surface area contributed by atoms with Crippen molar-refractivity contribution in [2.75, 3.05) is 0 Å². The van der Waals surface area contributed by atoms with E-state index in [4.69, 9.17) is 0 Å². The van der Waals surface area contributed by atoms with Crippen molar-refractivity contribution in [2.24, 2.45) is 0 Å². The van der Waals surface area contributed by atoms with Gasteiger partial charge in [0.2, 0.25) is 0 Å². The molecule has 0 saturated heterocycles. The molecule has 0 heterocycles. The molecule has 0 spiro atoms. The van der Waals surface area contributed by atoms with E-state index in [9.17, 15) is 0 Å². The fourth-order valence-electron chi connectivity index (χ4n) is 1.81. The zero-order valence-electron chi connectivity index (χ0n) is 9.61. The van der Waals surface area contributed by atoms with Crippen molar-refractivity contribution < 1.29 is 0 Å². The summed E-state index contributed by atoms with van der Waals surface area (Å²) in [7, 11) is 0. The van der Waals surface area contributed by atoms with Crippen LogP contribution in [0.15, 0.2) is 54.6 Å². The first kappa shape index (κ1) is 10.2. The van der Waals surface area contributed by atoms with Crippen molar-refractivity contribution in [1.82, 2.24) is 0 Å². The van der Waals surface area contributed by atoms with Crippen molar-refractivity contribution in [3.63, 3.8) is 0 Å². The lowest BCUT2D eigenvalue weighted by molar-refractivity contribution is 1.40. The SMILES string of the molecule is C(#Cc1ccc([C]2CC2)cc1)c1ccccc1. The standard InChI is InChI=1S/C17H13/c1-2-4-14(5-3-1)6-7-15-8-10-16(11-9-15)17-12-13-17/h1-5,8-11H,12-13H2. The van der Waals surface area contributed by atoms with Gasteiger partial charge < -0.3 is 0 Å². The van der Waals surface area contributed by atoms with Gasteiger partial charge in [-0.05, 0) is 42.7 Å². The molecule has 0 bridgehead atoms. The molecule has 1 saturated carbocycles. The maximum Gasteiger partial charge on any atom is 0.0249 e. The van der Waals surface area contributed by atoms with Gasteiger partial charge in [0.25, 0.3) is 0 Å². The average Bonchev–Trinajstić information content (AvgIpc) is 3.23. The molecule has 1 fully saturated rings. The van der Waals surface area contributed by atoms with E-state index in [0.29, 0.717) is 0 Å². The monoisotopic (exact) mass is 217 g/mol. The van der Waals surface area contributed by atoms with Crippen molar-refractivity contribution in [2.45, 2.75) is 12.8 Å². The van der Waals surface area contributed by atoms with E-state index in [-0.39, 0.29) is 0 Å². The first-order valence-corrected chi connectivity index (χ1v) is 5.94. The van der Waals surface area contributed by atoms with Gasteiger partial charge in [0, 0.05) is 17.0 Å². The van der Waals surface area contributed by atoms with E-state index in [1.807, 2.05) is 30.3 Å². The van der Waals surface area contributed by atoms with Crippen LogP contribution in [0, 0.1) is 17.8 Å². The molecule has 0 N–H and O–H groups in total. The van der Waals surface area contributed by atoms with Crippen molar-refractivity contribution in [1.29, 1.82) is 0 Å². The van der Waals surface area contributed by atoms with E-state index in [0.717, 1.165) is 11.1 Å². The fraction of sp³-hybridized carbons (Fsp3) is 0.118. The average molecular weight is 217 g/mol. The van der Waals surface area contributed by atoms with Crippen LogP contribution in [-0.2, 0) is 0 Å². The summed E-state index contributed by atoms with van der Waals surface area (Å²) in [5.41, 5.74) is 3.53. The van der Waals surface area contributed by atoms with Crippen LogP contribution in [0.2, 0.25) is 0 Å². The Balaban J connectivity index is 1.79. The predicted molar refractivity (Wildman–Crippen MR) is 70.4 cm³/mol. The Morgan fingerprint density at radius 3 is 1.82 bits per heavy atom. The molecule has 1 radical (unpaired) electrons. The second-order valence-corrected chi connectivity index (χ2v) is 4.30. The van der Waals surface area contributed by atoms with Crippen molar-refractivity contribution in [3.05, 3.63) is 77.2 Å². The lowest BCUT2D eigenvalue weighted by atomic mass is 10.1. The van der Waals surface area contributed by atoms with Gasteiger partial charge in [0.05, 0.1) is 0 Å². The van der Waals surface area contributed by atoms with Gasteiger partial charge in [-0.15, -0.1) is 0 Å². The molecule has 0 heteroatoms. The summed E-state index contributed by atoms with van der Waals surface area (Å²) >= 11 is 0. The van der Waals surface area contributed by atoms with Gasteiger partial charge >= 0.3 is 0 Å². The summed E-state index contributed by atoms with van der Waals surface area (Å²) in [5, 5.41) is 0. The second kappa shape index (κ2) is 4.47. The largest absolute Gasteiger partial charge is 0.0622 e. The quantitative estimate of drug-likeness (QED) is 0.637. The molecule has 1 aliphatic rings. The second-order valence-electron chi connectivity index (χ2n) is 4.30. The number of hydrogen-bond acceptors (Lipinski definition) is 0. The molecule has 0 aromatic heterocycles. The third-order valence-electron chi connectivity index (χ3n) is 2.92. The molecule has 3 rings (SSSR count). The molecule has 17 heavy (non-hydrogen) atoms. The highest BCUT2D eigenvalue weighted by molar-refractivity contribution is 5.46. The maximum atomic E-state index is 3.19. The minimum absolute atomic E-state index is 1.06. The zero-order chi connectivity index (χ0) is 11.5. The summed E-state index contributed by atoms with van der Waals surface area (Å²) in [5.74, 6) is 7.93. The molecule has 2 aromatic carbocycles. The van der Waals surface area contributed by atoms with Crippen LogP contribution in [0.5, 0.6) is 0 Å². The summed E-state index contributed by atoms with van der Waals surface area (Å²) < 4.78 is 0. The highest BCUT2D eigenvalue weighted by Crippen LogP contribution is 2.38. The summed E-state index contributed by atoms with van der Waals surface area (Å²) in [6.07, 6.45) is 2.55. The van der Waals surface area contributed by atoms with E-state index < -0.39 is 0 Å². The normalized spacial score (nSPS) is 13.9. The molecule has 0 aliphatic heterocycles. The van der Waals surface area contributed by atoms with Crippen LogP contribution in [0.25, 0.3) is 0 Å². The zero-order valence-corrected chi connectivity index (χ0v) is 9.61. The summed E-state index contributed by atoms with van der Waals surface area (Å²) in [6, 6.07) is 18.7. The van der Waals surface area contributed by atoms with Gasteiger partial charge in [0.15, 0.2) is 0 Å². The smallest absolute Gasteiger partial charge is 0.0249 e. The van der Waals surface area contributed by atoms with Gasteiger partial charge in [-0.3, -0.25) is 0 Å². The highest BCUT2D eigenvalue weighted by atomic mass is 14.3. The molecule has 0 unspecified atom stereocenters. The fourth-order valence-corrected chi connectivity index (χ4v) is 1.81. The molecular formula is C17H13. The minimum atomic E-state index is 1.06. The van der Waals surface area contributed by atoms with Gasteiger partial charge in [-0.2, -0.15) is 0 Å². The lowest BCUT2D eigenvalue weighted by Crippen LogP contribution is -1.80. The van der Waals surface area contributed by atoms with Crippen LogP contribution in [0.1, 0.15) is 29.5 Å². The van der Waals surface area contributed by atoms with Crippen LogP contribution in [0.3, 0.4) is 0 Å².